The summed E-state index contributed by atoms with van der Waals surface area (Å²) in [6.07, 6.45) is 7.58. The van der Waals surface area contributed by atoms with Crippen molar-refractivity contribution in [2.75, 3.05) is 13.7 Å². The van der Waals surface area contributed by atoms with Gasteiger partial charge in [0.2, 0.25) is 0 Å². The number of halogens is 1. The fraction of sp³-hybridized carbons (Fsp3) is 0.389. The van der Waals surface area contributed by atoms with E-state index < -0.39 is 0 Å². The molecule has 25 heavy (non-hydrogen) atoms. The van der Waals surface area contributed by atoms with Crippen LogP contribution in [0.3, 0.4) is 0 Å². The van der Waals surface area contributed by atoms with Crippen LogP contribution in [0.25, 0.3) is 0 Å². The van der Waals surface area contributed by atoms with Crippen LogP contribution in [0.4, 0.5) is 4.79 Å². The lowest BCUT2D eigenvalue weighted by atomic mass is 10.0. The maximum absolute atomic E-state index is 12.7. The third kappa shape index (κ3) is 4.16. The van der Waals surface area contributed by atoms with Gasteiger partial charge in [0, 0.05) is 48.5 Å². The summed E-state index contributed by atoms with van der Waals surface area (Å²) in [5.74, 6) is 0. The molecule has 6 nitrogen and oxygen atoms in total. The van der Waals surface area contributed by atoms with Crippen molar-refractivity contribution in [1.29, 1.82) is 0 Å². The van der Waals surface area contributed by atoms with E-state index in [-0.39, 0.29) is 24.2 Å². The molecule has 1 aliphatic heterocycles. The SMILES string of the molecule is C[C@@H](c1ccncc1)N(C)C(=O)N[C@@H]1CCO[C@H]1c1cncc(Br)c1. The van der Waals surface area contributed by atoms with E-state index in [0.717, 1.165) is 22.0 Å². The number of amides is 2. The number of carbonyl (C=O) groups is 1. The standard InChI is InChI=1S/C18H21BrN4O2/c1-12(13-3-6-20-7-4-13)23(2)18(24)22-16-5-8-25-17(16)14-9-15(19)11-21-10-14/h3-4,6-7,9-12,16-17H,5,8H2,1-2H3,(H,22,24)/t12-,16+,17-/m0/s1. The predicted molar refractivity (Wildman–Crippen MR) is 98.0 cm³/mol. The summed E-state index contributed by atoms with van der Waals surface area (Å²) >= 11 is 3.43. The van der Waals surface area contributed by atoms with Gasteiger partial charge in [0.15, 0.2) is 0 Å². The average molecular weight is 405 g/mol. The number of rotatable bonds is 4. The lowest BCUT2D eigenvalue weighted by Gasteiger charge is -2.28. The number of hydrogen-bond acceptors (Lipinski definition) is 4. The second-order valence-corrected chi connectivity index (χ2v) is 7.06. The van der Waals surface area contributed by atoms with Crippen LogP contribution in [0, 0.1) is 0 Å². The zero-order valence-electron chi connectivity index (χ0n) is 14.2. The summed E-state index contributed by atoms with van der Waals surface area (Å²) in [6.45, 7) is 2.61. The molecular weight excluding hydrogens is 384 g/mol. The molecule has 2 aromatic rings. The number of carbonyl (C=O) groups excluding carboxylic acids is 1. The first kappa shape index (κ1) is 17.8. The zero-order valence-corrected chi connectivity index (χ0v) is 15.8. The van der Waals surface area contributed by atoms with Crippen LogP contribution < -0.4 is 5.32 Å². The molecule has 2 amide bonds. The van der Waals surface area contributed by atoms with Gasteiger partial charge in [0.05, 0.1) is 12.1 Å². The van der Waals surface area contributed by atoms with Crippen molar-refractivity contribution in [3.63, 3.8) is 0 Å². The van der Waals surface area contributed by atoms with Crippen molar-refractivity contribution in [2.24, 2.45) is 0 Å². The summed E-state index contributed by atoms with van der Waals surface area (Å²) in [4.78, 5) is 22.6. The van der Waals surface area contributed by atoms with Crippen molar-refractivity contribution in [2.45, 2.75) is 31.5 Å². The van der Waals surface area contributed by atoms with Gasteiger partial charge in [-0.05, 0) is 53.0 Å². The van der Waals surface area contributed by atoms with Gasteiger partial charge in [-0.15, -0.1) is 0 Å². The van der Waals surface area contributed by atoms with Crippen molar-refractivity contribution < 1.29 is 9.53 Å². The maximum Gasteiger partial charge on any atom is 0.317 e. The Bertz CT molecular complexity index is 728. The molecule has 2 aromatic heterocycles. The van der Waals surface area contributed by atoms with Crippen LogP contribution in [0.15, 0.2) is 47.5 Å². The molecule has 7 heteroatoms. The van der Waals surface area contributed by atoms with Gasteiger partial charge in [0.1, 0.15) is 6.10 Å². The molecule has 1 saturated heterocycles. The van der Waals surface area contributed by atoms with Gasteiger partial charge in [0.25, 0.3) is 0 Å². The van der Waals surface area contributed by atoms with E-state index in [1.54, 1.807) is 36.7 Å². The summed E-state index contributed by atoms with van der Waals surface area (Å²) in [6, 6.07) is 5.58. The van der Waals surface area contributed by atoms with E-state index in [2.05, 4.69) is 31.2 Å². The highest BCUT2D eigenvalue weighted by Gasteiger charge is 2.32. The molecule has 132 valence electrons. The maximum atomic E-state index is 12.7. The van der Waals surface area contributed by atoms with Gasteiger partial charge in [-0.3, -0.25) is 9.97 Å². The summed E-state index contributed by atoms with van der Waals surface area (Å²) in [5, 5.41) is 3.10. The number of nitrogens with zero attached hydrogens (tertiary/aromatic N) is 3. The zero-order chi connectivity index (χ0) is 17.8. The van der Waals surface area contributed by atoms with Crippen LogP contribution in [0.1, 0.15) is 36.6 Å². The van der Waals surface area contributed by atoms with Crippen LogP contribution in [-0.4, -0.2) is 40.6 Å². The molecule has 0 bridgehead atoms. The third-order valence-electron chi connectivity index (χ3n) is 4.54. The lowest BCUT2D eigenvalue weighted by molar-refractivity contribution is 0.0975. The Balaban J connectivity index is 1.67. The largest absolute Gasteiger partial charge is 0.371 e. The predicted octanol–water partition coefficient (Wildman–Crippen LogP) is 3.47. The van der Waals surface area contributed by atoms with Gasteiger partial charge in [-0.25, -0.2) is 4.79 Å². The van der Waals surface area contributed by atoms with Gasteiger partial charge in [-0.1, -0.05) is 0 Å². The Morgan fingerprint density at radius 1 is 1.36 bits per heavy atom. The first-order chi connectivity index (χ1) is 12.1. The highest BCUT2D eigenvalue weighted by molar-refractivity contribution is 9.10. The highest BCUT2D eigenvalue weighted by Crippen LogP contribution is 2.30. The van der Waals surface area contributed by atoms with E-state index >= 15 is 0 Å². The number of urea groups is 1. The minimum atomic E-state index is -0.182. The molecule has 1 fully saturated rings. The number of hydrogen-bond donors (Lipinski definition) is 1. The Morgan fingerprint density at radius 2 is 2.12 bits per heavy atom. The monoisotopic (exact) mass is 404 g/mol. The minimum Gasteiger partial charge on any atom is -0.371 e. The van der Waals surface area contributed by atoms with E-state index in [9.17, 15) is 4.79 Å². The Labute approximate surface area is 155 Å². The molecule has 0 aliphatic carbocycles. The van der Waals surface area contributed by atoms with E-state index in [4.69, 9.17) is 4.74 Å². The van der Waals surface area contributed by atoms with Crippen molar-refractivity contribution in [1.82, 2.24) is 20.2 Å². The minimum absolute atomic E-state index is 0.0451. The first-order valence-corrected chi connectivity index (χ1v) is 9.01. The lowest BCUT2D eigenvalue weighted by Crippen LogP contribution is -2.45. The van der Waals surface area contributed by atoms with Crippen LogP contribution in [0.2, 0.25) is 0 Å². The van der Waals surface area contributed by atoms with Crippen molar-refractivity contribution in [3.05, 3.63) is 58.6 Å². The second kappa shape index (κ2) is 7.93. The third-order valence-corrected chi connectivity index (χ3v) is 4.98. The molecule has 0 spiro atoms. The van der Waals surface area contributed by atoms with Crippen LogP contribution in [-0.2, 0) is 4.74 Å². The van der Waals surface area contributed by atoms with Gasteiger partial charge in [-0.2, -0.15) is 0 Å². The molecule has 3 atom stereocenters. The van der Waals surface area contributed by atoms with Gasteiger partial charge < -0.3 is 15.0 Å². The Hall–Kier alpha value is -1.99. The molecule has 1 N–H and O–H groups in total. The Kier molecular flexibility index (Phi) is 5.65. The average Bonchev–Trinajstić information content (AvgIpc) is 3.09. The molecular formula is C18H21BrN4O2. The fourth-order valence-electron chi connectivity index (χ4n) is 2.95. The first-order valence-electron chi connectivity index (χ1n) is 8.21. The molecule has 1 aliphatic rings. The van der Waals surface area contributed by atoms with Gasteiger partial charge >= 0.3 is 6.03 Å². The molecule has 3 heterocycles. The smallest absolute Gasteiger partial charge is 0.317 e. The summed E-state index contributed by atoms with van der Waals surface area (Å²) in [5.41, 5.74) is 2.00. The Morgan fingerprint density at radius 3 is 2.84 bits per heavy atom. The number of aromatic nitrogens is 2. The molecule has 0 aromatic carbocycles. The number of pyridine rings is 2. The fourth-order valence-corrected chi connectivity index (χ4v) is 3.33. The topological polar surface area (TPSA) is 67.4 Å². The molecule has 0 saturated carbocycles. The highest BCUT2D eigenvalue weighted by atomic mass is 79.9. The number of nitrogens with one attached hydrogen (secondary N) is 1. The summed E-state index contributed by atoms with van der Waals surface area (Å²) in [7, 11) is 1.80. The van der Waals surface area contributed by atoms with Crippen molar-refractivity contribution in [3.8, 4) is 0 Å². The van der Waals surface area contributed by atoms with E-state index in [1.165, 1.54) is 0 Å². The van der Waals surface area contributed by atoms with E-state index in [1.807, 2.05) is 25.1 Å². The summed E-state index contributed by atoms with van der Waals surface area (Å²) < 4.78 is 6.73. The molecule has 0 unspecified atom stereocenters. The van der Waals surface area contributed by atoms with Crippen molar-refractivity contribution >= 4 is 22.0 Å². The second-order valence-electron chi connectivity index (χ2n) is 6.14. The van der Waals surface area contributed by atoms with Crippen LogP contribution in [0.5, 0.6) is 0 Å². The van der Waals surface area contributed by atoms with Crippen LogP contribution >= 0.6 is 15.9 Å². The molecule has 0 radical (unpaired) electrons. The van der Waals surface area contributed by atoms with E-state index in [0.29, 0.717) is 6.61 Å². The number of ether oxygens (including phenoxy) is 1. The normalized spacial score (nSPS) is 20.9. The quantitative estimate of drug-likeness (QED) is 0.846. The molecule has 3 rings (SSSR count).